The molecule has 0 saturated heterocycles. The summed E-state index contributed by atoms with van der Waals surface area (Å²) in [6.45, 7) is 5.02. The van der Waals surface area contributed by atoms with E-state index in [4.69, 9.17) is 5.73 Å². The van der Waals surface area contributed by atoms with Crippen molar-refractivity contribution in [3.05, 3.63) is 47.3 Å². The molecule has 0 fully saturated rings. The molecule has 1 atom stereocenters. The Balaban J connectivity index is 3.30. The van der Waals surface area contributed by atoms with Crippen molar-refractivity contribution >= 4 is 0 Å². The summed E-state index contributed by atoms with van der Waals surface area (Å²) >= 11 is 0. The van der Waals surface area contributed by atoms with Crippen LogP contribution >= 0.6 is 0 Å². The lowest BCUT2D eigenvalue weighted by atomic mass is 9.99. The van der Waals surface area contributed by atoms with Gasteiger partial charge in [0, 0.05) is 5.56 Å². The summed E-state index contributed by atoms with van der Waals surface area (Å²) in [4.78, 5) is 0. The van der Waals surface area contributed by atoms with Gasteiger partial charge in [-0.3, -0.25) is 0 Å². The van der Waals surface area contributed by atoms with Crippen LogP contribution in [0.1, 0.15) is 24.1 Å². The molecule has 0 aliphatic carbocycles. The van der Waals surface area contributed by atoms with Crippen molar-refractivity contribution in [1.82, 2.24) is 0 Å². The summed E-state index contributed by atoms with van der Waals surface area (Å²) in [5, 5.41) is 0. The van der Waals surface area contributed by atoms with Gasteiger partial charge in [-0.1, -0.05) is 24.3 Å². The van der Waals surface area contributed by atoms with E-state index < -0.39 is 23.6 Å². The fourth-order valence-electron chi connectivity index (χ4n) is 1.27. The molecule has 1 rings (SSSR count). The molecular weight excluding hydrogens is 222 g/mol. The van der Waals surface area contributed by atoms with E-state index in [0.717, 1.165) is 6.07 Å². The molecule has 0 aliphatic heterocycles. The molecule has 0 saturated carbocycles. The first-order chi connectivity index (χ1) is 7.25. The van der Waals surface area contributed by atoms with Crippen LogP contribution in [-0.2, 0) is 6.18 Å². The number of alkyl halides is 3. The van der Waals surface area contributed by atoms with E-state index in [9.17, 15) is 17.6 Å². The van der Waals surface area contributed by atoms with E-state index in [-0.39, 0.29) is 5.56 Å². The van der Waals surface area contributed by atoms with Gasteiger partial charge in [-0.05, 0) is 13.0 Å². The van der Waals surface area contributed by atoms with E-state index in [1.165, 1.54) is 13.0 Å². The Morgan fingerprint density at radius 3 is 2.38 bits per heavy atom. The van der Waals surface area contributed by atoms with E-state index in [1.54, 1.807) is 0 Å². The Labute approximate surface area is 90.6 Å². The smallest absolute Gasteiger partial charge is 0.320 e. The second-order valence-electron chi connectivity index (χ2n) is 3.53. The molecule has 1 nitrogen and oxygen atoms in total. The first-order valence-corrected chi connectivity index (χ1v) is 4.51. The number of nitrogens with two attached hydrogens (primary N) is 1. The molecular formula is C11H11F4N. The summed E-state index contributed by atoms with van der Waals surface area (Å²) in [6.07, 6.45) is -4.71. The first kappa shape index (κ1) is 12.7. The van der Waals surface area contributed by atoms with Crippen molar-refractivity contribution < 1.29 is 17.6 Å². The van der Waals surface area contributed by atoms with Gasteiger partial charge >= 0.3 is 6.18 Å². The highest BCUT2D eigenvalue weighted by Crippen LogP contribution is 2.34. The predicted molar refractivity (Wildman–Crippen MR) is 53.1 cm³/mol. The molecule has 2 N–H and O–H groups in total. The fraction of sp³-hybridized carbons (Fsp3) is 0.273. The first-order valence-electron chi connectivity index (χ1n) is 4.51. The Morgan fingerprint density at radius 2 is 1.94 bits per heavy atom. The van der Waals surface area contributed by atoms with Crippen LogP contribution in [-0.4, -0.2) is 0 Å². The molecule has 16 heavy (non-hydrogen) atoms. The molecule has 5 heteroatoms. The third-order valence-electron chi connectivity index (χ3n) is 2.20. The zero-order valence-electron chi connectivity index (χ0n) is 8.61. The lowest BCUT2D eigenvalue weighted by Gasteiger charge is -2.16. The molecule has 0 bridgehead atoms. The molecule has 0 heterocycles. The van der Waals surface area contributed by atoms with Crippen molar-refractivity contribution in [2.75, 3.05) is 0 Å². The molecule has 1 aromatic rings. The normalized spacial score (nSPS) is 13.6. The summed E-state index contributed by atoms with van der Waals surface area (Å²) in [5.74, 6) is -1.33. The third kappa shape index (κ3) is 2.41. The van der Waals surface area contributed by atoms with Crippen LogP contribution in [0.3, 0.4) is 0 Å². The van der Waals surface area contributed by atoms with Crippen LogP contribution < -0.4 is 5.73 Å². The van der Waals surface area contributed by atoms with Crippen molar-refractivity contribution in [1.29, 1.82) is 0 Å². The highest BCUT2D eigenvalue weighted by Gasteiger charge is 2.35. The molecule has 1 aromatic carbocycles. The molecule has 0 aliphatic rings. The van der Waals surface area contributed by atoms with E-state index in [1.807, 2.05) is 0 Å². The van der Waals surface area contributed by atoms with Gasteiger partial charge in [-0.15, -0.1) is 0 Å². The minimum atomic E-state index is -4.71. The average molecular weight is 233 g/mol. The maximum absolute atomic E-state index is 13.5. The number of hydrogen-bond acceptors (Lipinski definition) is 1. The van der Waals surface area contributed by atoms with Crippen LogP contribution in [0.2, 0.25) is 0 Å². The number of benzene rings is 1. The number of rotatable bonds is 2. The Morgan fingerprint density at radius 1 is 1.38 bits per heavy atom. The van der Waals surface area contributed by atoms with E-state index >= 15 is 0 Å². The van der Waals surface area contributed by atoms with Gasteiger partial charge in [0.05, 0.1) is 11.6 Å². The maximum atomic E-state index is 13.5. The van der Waals surface area contributed by atoms with Gasteiger partial charge in [0.15, 0.2) is 0 Å². The predicted octanol–water partition coefficient (Wildman–Crippen LogP) is 3.42. The topological polar surface area (TPSA) is 26.0 Å². The van der Waals surface area contributed by atoms with Crippen LogP contribution in [0.5, 0.6) is 0 Å². The zero-order chi connectivity index (χ0) is 12.5. The minimum Gasteiger partial charge on any atom is -0.320 e. The standard InChI is InChI=1S/C11H11F4N/c1-6(2)10(16)7-4-3-5-8(9(7)12)11(13,14)15/h3-5,10H,1,16H2,2H3. The van der Waals surface area contributed by atoms with Crippen molar-refractivity contribution in [3.63, 3.8) is 0 Å². The van der Waals surface area contributed by atoms with E-state index in [0.29, 0.717) is 11.6 Å². The van der Waals surface area contributed by atoms with Crippen molar-refractivity contribution in [3.8, 4) is 0 Å². The highest BCUT2D eigenvalue weighted by atomic mass is 19.4. The van der Waals surface area contributed by atoms with Gasteiger partial charge in [0.2, 0.25) is 0 Å². The van der Waals surface area contributed by atoms with Crippen molar-refractivity contribution in [2.45, 2.75) is 19.1 Å². The summed E-state index contributed by atoms with van der Waals surface area (Å²) < 4.78 is 50.7. The van der Waals surface area contributed by atoms with Gasteiger partial charge < -0.3 is 5.73 Å². The largest absolute Gasteiger partial charge is 0.419 e. The maximum Gasteiger partial charge on any atom is 0.419 e. The zero-order valence-corrected chi connectivity index (χ0v) is 8.61. The van der Waals surface area contributed by atoms with Crippen LogP contribution in [0.25, 0.3) is 0 Å². The van der Waals surface area contributed by atoms with Gasteiger partial charge in [-0.25, -0.2) is 4.39 Å². The SMILES string of the molecule is C=C(C)C(N)c1cccc(C(F)(F)F)c1F. The van der Waals surface area contributed by atoms with Crippen LogP contribution in [0.15, 0.2) is 30.4 Å². The molecule has 0 spiro atoms. The average Bonchev–Trinajstić information content (AvgIpc) is 2.15. The number of hydrogen-bond donors (Lipinski definition) is 1. The third-order valence-corrected chi connectivity index (χ3v) is 2.20. The molecule has 0 radical (unpaired) electrons. The van der Waals surface area contributed by atoms with E-state index in [2.05, 4.69) is 6.58 Å². The molecule has 1 unspecified atom stereocenters. The monoisotopic (exact) mass is 233 g/mol. The quantitative estimate of drug-likeness (QED) is 0.614. The lowest BCUT2D eigenvalue weighted by molar-refractivity contribution is -0.140. The van der Waals surface area contributed by atoms with Gasteiger partial charge in [0.25, 0.3) is 0 Å². The van der Waals surface area contributed by atoms with Crippen molar-refractivity contribution in [2.24, 2.45) is 5.73 Å². The number of halogens is 4. The molecule has 0 amide bonds. The van der Waals surface area contributed by atoms with Gasteiger partial charge in [-0.2, -0.15) is 13.2 Å². The summed E-state index contributed by atoms with van der Waals surface area (Å²) in [6, 6.07) is 2.11. The fourth-order valence-corrected chi connectivity index (χ4v) is 1.27. The molecule has 88 valence electrons. The Kier molecular flexibility index (Phi) is 3.38. The second kappa shape index (κ2) is 4.25. The Bertz CT molecular complexity index is 409. The highest BCUT2D eigenvalue weighted by molar-refractivity contribution is 5.33. The minimum absolute atomic E-state index is 0.192. The molecule has 0 aromatic heterocycles. The second-order valence-corrected chi connectivity index (χ2v) is 3.53. The summed E-state index contributed by atoms with van der Waals surface area (Å²) in [5.41, 5.74) is 4.45. The lowest BCUT2D eigenvalue weighted by Crippen LogP contribution is -2.16. The van der Waals surface area contributed by atoms with Crippen LogP contribution in [0.4, 0.5) is 17.6 Å². The van der Waals surface area contributed by atoms with Crippen LogP contribution in [0, 0.1) is 5.82 Å². The Hall–Kier alpha value is -1.36. The van der Waals surface area contributed by atoms with Gasteiger partial charge in [0.1, 0.15) is 5.82 Å². The summed E-state index contributed by atoms with van der Waals surface area (Å²) in [7, 11) is 0.